The van der Waals surface area contributed by atoms with Gasteiger partial charge in [-0.2, -0.15) is 0 Å². The summed E-state index contributed by atoms with van der Waals surface area (Å²) in [5, 5.41) is 0. The Bertz CT molecular complexity index is 1320. The molecule has 0 bridgehead atoms. The average molecular weight is 415 g/mol. The number of aryl methyl sites for hydroxylation is 1. The van der Waals surface area contributed by atoms with E-state index in [1.54, 1.807) is 59.2 Å². The minimum absolute atomic E-state index is 0.218. The van der Waals surface area contributed by atoms with Crippen molar-refractivity contribution >= 4 is 12.0 Å². The Morgan fingerprint density at radius 3 is 2.48 bits per heavy atom. The lowest BCUT2D eigenvalue weighted by Crippen LogP contribution is -2.21. The Labute approximate surface area is 177 Å². The summed E-state index contributed by atoms with van der Waals surface area (Å²) in [7, 11) is 1.59. The topological polar surface area (TPSA) is 74.3 Å². The van der Waals surface area contributed by atoms with Crippen molar-refractivity contribution in [1.82, 2.24) is 19.1 Å². The van der Waals surface area contributed by atoms with E-state index in [2.05, 4.69) is 15.0 Å². The molecule has 0 saturated heterocycles. The van der Waals surface area contributed by atoms with E-state index in [4.69, 9.17) is 4.74 Å². The summed E-state index contributed by atoms with van der Waals surface area (Å²) >= 11 is 0. The number of aliphatic imine (C=N–C) groups is 1. The van der Waals surface area contributed by atoms with E-state index >= 15 is 4.39 Å². The maximum absolute atomic E-state index is 15.0. The number of ketones is 1. The molecule has 0 saturated carbocycles. The zero-order chi connectivity index (χ0) is 21.5. The standard InChI is InChI=1S/C23H18FN5O2/c1-14-25-9-10-28(14)16-5-8-18(19(24)11-16)21-23(30)22-20(12-26-21)27-13-29(22)15-3-6-17(31-2)7-4-15/h3-13,21H,1-2H3. The summed E-state index contributed by atoms with van der Waals surface area (Å²) in [6, 6.07) is 11.0. The highest BCUT2D eigenvalue weighted by Gasteiger charge is 2.32. The van der Waals surface area contributed by atoms with Crippen LogP contribution in [-0.4, -0.2) is 38.2 Å². The van der Waals surface area contributed by atoms with Gasteiger partial charge in [-0.1, -0.05) is 6.07 Å². The van der Waals surface area contributed by atoms with E-state index in [1.165, 1.54) is 12.3 Å². The van der Waals surface area contributed by atoms with Crippen LogP contribution < -0.4 is 4.74 Å². The lowest BCUT2D eigenvalue weighted by Gasteiger charge is -2.19. The highest BCUT2D eigenvalue weighted by molar-refractivity contribution is 6.08. The average Bonchev–Trinajstić information content (AvgIpc) is 3.41. The molecule has 0 spiro atoms. The third-order valence-corrected chi connectivity index (χ3v) is 5.36. The number of nitrogens with zero attached hydrogens (tertiary/aromatic N) is 5. The normalized spacial score (nSPS) is 15.2. The van der Waals surface area contributed by atoms with E-state index in [0.29, 0.717) is 22.8 Å². The van der Waals surface area contributed by atoms with Crippen molar-refractivity contribution in [3.05, 3.63) is 89.8 Å². The van der Waals surface area contributed by atoms with Gasteiger partial charge < -0.3 is 9.30 Å². The molecule has 154 valence electrons. The second-order valence-electron chi connectivity index (χ2n) is 7.14. The molecule has 3 heterocycles. The van der Waals surface area contributed by atoms with Crippen LogP contribution in [0.3, 0.4) is 0 Å². The molecule has 0 N–H and O–H groups in total. The summed E-state index contributed by atoms with van der Waals surface area (Å²) in [4.78, 5) is 26.1. The highest BCUT2D eigenvalue weighted by Crippen LogP contribution is 2.31. The summed E-state index contributed by atoms with van der Waals surface area (Å²) in [5.74, 6) is 0.641. The number of rotatable bonds is 4. The molecule has 0 amide bonds. The number of hydrogen-bond donors (Lipinski definition) is 0. The Kier molecular flexibility index (Phi) is 4.47. The first-order valence-electron chi connectivity index (χ1n) is 9.66. The number of hydrogen-bond acceptors (Lipinski definition) is 5. The summed E-state index contributed by atoms with van der Waals surface area (Å²) < 4.78 is 23.7. The zero-order valence-corrected chi connectivity index (χ0v) is 16.9. The number of benzene rings is 2. The van der Waals surface area contributed by atoms with Crippen LogP contribution in [0.1, 0.15) is 33.6 Å². The van der Waals surface area contributed by atoms with Crippen molar-refractivity contribution in [2.24, 2.45) is 4.99 Å². The fourth-order valence-electron chi connectivity index (χ4n) is 3.74. The molecule has 1 atom stereocenters. The maximum Gasteiger partial charge on any atom is 0.210 e. The Hall–Kier alpha value is -4.07. The van der Waals surface area contributed by atoms with Crippen molar-refractivity contribution in [3.8, 4) is 17.1 Å². The molecule has 1 aliphatic heterocycles. The number of imidazole rings is 2. The smallest absolute Gasteiger partial charge is 0.210 e. The third kappa shape index (κ3) is 3.13. The van der Waals surface area contributed by atoms with Crippen LogP contribution in [0, 0.1) is 12.7 Å². The highest BCUT2D eigenvalue weighted by atomic mass is 19.1. The van der Waals surface area contributed by atoms with Crippen LogP contribution in [0.25, 0.3) is 11.4 Å². The van der Waals surface area contributed by atoms with Crippen LogP contribution in [0.15, 0.2) is 66.2 Å². The van der Waals surface area contributed by atoms with Gasteiger partial charge in [-0.25, -0.2) is 14.4 Å². The molecule has 5 rings (SSSR count). The number of carbonyl (C=O) groups is 1. The molecule has 2 aromatic heterocycles. The molecule has 2 aromatic carbocycles. The first-order valence-corrected chi connectivity index (χ1v) is 9.66. The molecular weight excluding hydrogens is 397 g/mol. The van der Waals surface area contributed by atoms with Gasteiger partial charge >= 0.3 is 0 Å². The first-order chi connectivity index (χ1) is 15.1. The number of Topliss-reactive ketones (excluding diaryl/α,β-unsaturated/α-hetero) is 1. The van der Waals surface area contributed by atoms with Gasteiger partial charge in [-0.05, 0) is 43.3 Å². The number of ether oxygens (including phenoxy) is 1. The van der Waals surface area contributed by atoms with Crippen LogP contribution in [0.2, 0.25) is 0 Å². The molecule has 1 aliphatic rings. The number of halogens is 1. The molecule has 7 nitrogen and oxygen atoms in total. The van der Waals surface area contributed by atoms with Gasteiger partial charge in [0.2, 0.25) is 5.78 Å². The van der Waals surface area contributed by atoms with Crippen LogP contribution in [0.4, 0.5) is 4.39 Å². The molecular formula is C23H18FN5O2. The van der Waals surface area contributed by atoms with Gasteiger partial charge in [0.1, 0.15) is 41.1 Å². The molecule has 31 heavy (non-hydrogen) atoms. The monoisotopic (exact) mass is 415 g/mol. The number of aromatic nitrogens is 4. The second-order valence-corrected chi connectivity index (χ2v) is 7.14. The minimum Gasteiger partial charge on any atom is -0.497 e. The van der Waals surface area contributed by atoms with Crippen molar-refractivity contribution in [2.45, 2.75) is 13.0 Å². The van der Waals surface area contributed by atoms with E-state index in [0.717, 1.165) is 11.5 Å². The minimum atomic E-state index is -0.973. The second kappa shape index (κ2) is 7.32. The molecule has 0 radical (unpaired) electrons. The van der Waals surface area contributed by atoms with Crippen molar-refractivity contribution in [2.75, 3.05) is 7.11 Å². The lowest BCUT2D eigenvalue weighted by molar-refractivity contribution is 0.0952. The number of methoxy groups -OCH3 is 1. The van der Waals surface area contributed by atoms with Gasteiger partial charge in [-0.15, -0.1) is 0 Å². The number of carbonyl (C=O) groups excluding carboxylic acids is 1. The van der Waals surface area contributed by atoms with Crippen molar-refractivity contribution < 1.29 is 13.9 Å². The first kappa shape index (κ1) is 18.9. The Morgan fingerprint density at radius 1 is 1.03 bits per heavy atom. The molecule has 0 fully saturated rings. The fraction of sp³-hybridized carbons (Fsp3) is 0.130. The summed E-state index contributed by atoms with van der Waals surface area (Å²) in [5.41, 5.74) is 2.44. The number of fused-ring (bicyclic) bond motifs is 1. The van der Waals surface area contributed by atoms with Gasteiger partial charge in [0.25, 0.3) is 0 Å². The van der Waals surface area contributed by atoms with Crippen molar-refractivity contribution in [1.29, 1.82) is 0 Å². The van der Waals surface area contributed by atoms with Gasteiger partial charge in [-0.3, -0.25) is 14.4 Å². The fourth-order valence-corrected chi connectivity index (χ4v) is 3.74. The van der Waals surface area contributed by atoms with E-state index in [9.17, 15) is 4.79 Å². The Balaban J connectivity index is 1.51. The van der Waals surface area contributed by atoms with Gasteiger partial charge in [0.15, 0.2) is 0 Å². The van der Waals surface area contributed by atoms with Crippen LogP contribution in [0.5, 0.6) is 5.75 Å². The maximum atomic E-state index is 15.0. The van der Waals surface area contributed by atoms with Crippen LogP contribution in [-0.2, 0) is 0 Å². The third-order valence-electron chi connectivity index (χ3n) is 5.36. The summed E-state index contributed by atoms with van der Waals surface area (Å²) in [6.45, 7) is 1.84. The largest absolute Gasteiger partial charge is 0.497 e. The van der Waals surface area contributed by atoms with Crippen LogP contribution >= 0.6 is 0 Å². The molecule has 1 unspecified atom stereocenters. The molecule has 0 aliphatic carbocycles. The van der Waals surface area contributed by atoms with E-state index in [1.807, 2.05) is 19.1 Å². The predicted molar refractivity (Wildman–Crippen MR) is 113 cm³/mol. The van der Waals surface area contributed by atoms with E-state index < -0.39 is 11.9 Å². The van der Waals surface area contributed by atoms with Crippen molar-refractivity contribution in [3.63, 3.8) is 0 Å². The molecule has 4 aromatic rings. The van der Waals surface area contributed by atoms with Gasteiger partial charge in [0, 0.05) is 29.3 Å². The Morgan fingerprint density at radius 2 is 1.81 bits per heavy atom. The zero-order valence-electron chi connectivity index (χ0n) is 16.9. The van der Waals surface area contributed by atoms with E-state index in [-0.39, 0.29) is 11.3 Å². The predicted octanol–water partition coefficient (Wildman–Crippen LogP) is 3.87. The lowest BCUT2D eigenvalue weighted by atomic mass is 9.97. The quantitative estimate of drug-likeness (QED) is 0.507. The van der Waals surface area contributed by atoms with Gasteiger partial charge in [0.05, 0.1) is 13.3 Å². The molecule has 8 heteroatoms. The SMILES string of the molecule is COc1ccc(-n2cnc3c2C(=O)C(c2ccc(-n4ccnc4C)cc2F)N=C3)cc1. The summed E-state index contributed by atoms with van der Waals surface area (Å²) in [6.07, 6.45) is 6.50.